The predicted octanol–water partition coefficient (Wildman–Crippen LogP) is 1.15. The van der Waals surface area contributed by atoms with E-state index >= 15 is 0 Å². The molecule has 1 saturated heterocycles. The molecule has 1 aliphatic heterocycles. The average Bonchev–Trinajstić information content (AvgIpc) is 2.44. The van der Waals surface area contributed by atoms with Gasteiger partial charge in [0.2, 0.25) is 0 Å². The molecule has 2 rings (SSSR count). The number of hydrogen-bond donors (Lipinski definition) is 0. The minimum absolute atomic E-state index is 0.0758. The van der Waals surface area contributed by atoms with Crippen LogP contribution in [0.4, 0.5) is 5.69 Å². The van der Waals surface area contributed by atoms with Gasteiger partial charge in [0.15, 0.2) is 0 Å². The Morgan fingerprint density at radius 1 is 1.69 bits per heavy atom. The summed E-state index contributed by atoms with van der Waals surface area (Å²) in [6.07, 6.45) is 1.25. The van der Waals surface area contributed by atoms with E-state index in [2.05, 4.69) is 5.10 Å². The molecule has 1 fully saturated rings. The maximum atomic E-state index is 10.8. The Morgan fingerprint density at radius 3 is 2.81 bits per heavy atom. The van der Waals surface area contributed by atoms with E-state index < -0.39 is 4.92 Å². The molecule has 0 radical (unpaired) electrons. The summed E-state index contributed by atoms with van der Waals surface area (Å²) in [7, 11) is 0. The van der Waals surface area contributed by atoms with Crippen LogP contribution in [0.1, 0.15) is 19.9 Å². The molecule has 0 aromatic carbocycles. The summed E-state index contributed by atoms with van der Waals surface area (Å²) in [5.74, 6) is 0.0758. The molecule has 16 heavy (non-hydrogen) atoms. The number of nitrogens with zero attached hydrogens (tertiary/aromatic N) is 3. The third-order valence-electron chi connectivity index (χ3n) is 2.22. The number of aromatic nitrogens is 2. The molecule has 88 valence electrons. The smallest absolute Gasteiger partial charge is 0.350 e. The standard InChI is InChI=1S/C9H13N3O4/c1-6(2)16-9-8(12(13)14)3-11(10-9)7-4-15-5-7/h3,6-7H,4-5H2,1-2H3. The van der Waals surface area contributed by atoms with Gasteiger partial charge in [0.25, 0.3) is 0 Å². The van der Waals surface area contributed by atoms with Crippen molar-refractivity contribution in [2.45, 2.75) is 26.0 Å². The zero-order valence-corrected chi connectivity index (χ0v) is 9.12. The SMILES string of the molecule is CC(C)Oc1nn(C2COC2)cc1[N+](=O)[O-]. The van der Waals surface area contributed by atoms with Crippen LogP contribution in [0.3, 0.4) is 0 Å². The highest BCUT2D eigenvalue weighted by molar-refractivity contribution is 5.38. The Bertz CT molecular complexity index is 397. The van der Waals surface area contributed by atoms with Gasteiger partial charge in [-0.2, -0.15) is 0 Å². The van der Waals surface area contributed by atoms with Gasteiger partial charge in [-0.25, -0.2) is 0 Å². The van der Waals surface area contributed by atoms with Crippen molar-refractivity contribution >= 4 is 5.69 Å². The molecule has 1 aromatic rings. The molecule has 0 bridgehead atoms. The maximum Gasteiger partial charge on any atom is 0.350 e. The van der Waals surface area contributed by atoms with E-state index in [0.717, 1.165) is 0 Å². The van der Waals surface area contributed by atoms with Gasteiger partial charge in [-0.15, -0.1) is 5.10 Å². The van der Waals surface area contributed by atoms with E-state index in [1.54, 1.807) is 18.5 Å². The van der Waals surface area contributed by atoms with Crippen molar-refractivity contribution in [3.8, 4) is 5.88 Å². The Labute approximate surface area is 92.1 Å². The predicted molar refractivity (Wildman–Crippen MR) is 54.5 cm³/mol. The van der Waals surface area contributed by atoms with Crippen LogP contribution >= 0.6 is 0 Å². The first-order valence-electron chi connectivity index (χ1n) is 5.06. The monoisotopic (exact) mass is 227 g/mol. The largest absolute Gasteiger partial charge is 0.469 e. The molecule has 0 aliphatic carbocycles. The van der Waals surface area contributed by atoms with Crippen molar-refractivity contribution in [1.82, 2.24) is 9.78 Å². The summed E-state index contributed by atoms with van der Waals surface area (Å²) in [4.78, 5) is 10.3. The van der Waals surface area contributed by atoms with Gasteiger partial charge in [-0.05, 0) is 13.8 Å². The van der Waals surface area contributed by atoms with Crippen molar-refractivity contribution in [2.24, 2.45) is 0 Å². The summed E-state index contributed by atoms with van der Waals surface area (Å²) in [5, 5.41) is 14.9. The van der Waals surface area contributed by atoms with Gasteiger partial charge in [0.05, 0.1) is 30.3 Å². The second-order valence-electron chi connectivity index (χ2n) is 3.91. The number of ether oxygens (including phenoxy) is 2. The van der Waals surface area contributed by atoms with Gasteiger partial charge >= 0.3 is 11.6 Å². The van der Waals surface area contributed by atoms with Crippen LogP contribution in [0.25, 0.3) is 0 Å². The molecule has 0 N–H and O–H groups in total. The fourth-order valence-corrected chi connectivity index (χ4v) is 1.36. The van der Waals surface area contributed by atoms with E-state index in [9.17, 15) is 10.1 Å². The van der Waals surface area contributed by atoms with E-state index in [1.165, 1.54) is 6.20 Å². The molecule has 2 heterocycles. The summed E-state index contributed by atoms with van der Waals surface area (Å²) in [5.41, 5.74) is -0.0967. The lowest BCUT2D eigenvalue weighted by atomic mass is 10.3. The van der Waals surface area contributed by atoms with Crippen molar-refractivity contribution in [3.05, 3.63) is 16.3 Å². The highest BCUT2D eigenvalue weighted by atomic mass is 16.6. The lowest BCUT2D eigenvalue weighted by Gasteiger charge is -2.25. The molecular weight excluding hydrogens is 214 g/mol. The zero-order chi connectivity index (χ0) is 11.7. The van der Waals surface area contributed by atoms with E-state index in [-0.39, 0.29) is 23.7 Å². The van der Waals surface area contributed by atoms with Crippen LogP contribution in [0, 0.1) is 10.1 Å². The van der Waals surface area contributed by atoms with Gasteiger partial charge in [-0.3, -0.25) is 14.8 Å². The second kappa shape index (κ2) is 4.09. The maximum absolute atomic E-state index is 10.8. The minimum atomic E-state index is -0.485. The summed E-state index contributed by atoms with van der Waals surface area (Å²) >= 11 is 0. The highest BCUT2D eigenvalue weighted by Gasteiger charge is 2.28. The lowest BCUT2D eigenvalue weighted by Crippen LogP contribution is -2.30. The fraction of sp³-hybridized carbons (Fsp3) is 0.667. The Morgan fingerprint density at radius 2 is 2.38 bits per heavy atom. The quantitative estimate of drug-likeness (QED) is 0.569. The Kier molecular flexibility index (Phi) is 2.78. The van der Waals surface area contributed by atoms with E-state index in [4.69, 9.17) is 9.47 Å². The molecule has 0 unspecified atom stereocenters. The van der Waals surface area contributed by atoms with E-state index in [0.29, 0.717) is 13.2 Å². The van der Waals surface area contributed by atoms with E-state index in [1.807, 2.05) is 0 Å². The first kappa shape index (κ1) is 10.9. The minimum Gasteiger partial charge on any atom is -0.469 e. The van der Waals surface area contributed by atoms with Crippen molar-refractivity contribution in [2.75, 3.05) is 13.2 Å². The normalized spacial score (nSPS) is 16.2. The topological polar surface area (TPSA) is 79.4 Å². The molecule has 7 nitrogen and oxygen atoms in total. The second-order valence-corrected chi connectivity index (χ2v) is 3.91. The number of rotatable bonds is 4. The Balaban J connectivity index is 2.25. The van der Waals surface area contributed by atoms with Crippen molar-refractivity contribution in [3.63, 3.8) is 0 Å². The molecule has 0 spiro atoms. The highest BCUT2D eigenvalue weighted by Crippen LogP contribution is 2.29. The average molecular weight is 227 g/mol. The molecule has 0 saturated carbocycles. The van der Waals surface area contributed by atoms with Crippen LogP contribution in [0.2, 0.25) is 0 Å². The number of hydrogen-bond acceptors (Lipinski definition) is 5. The zero-order valence-electron chi connectivity index (χ0n) is 9.12. The van der Waals surface area contributed by atoms with Crippen molar-refractivity contribution < 1.29 is 14.4 Å². The summed E-state index contributed by atoms with van der Waals surface area (Å²) < 4.78 is 11.8. The Hall–Kier alpha value is -1.63. The molecular formula is C9H13N3O4. The van der Waals surface area contributed by atoms with Gasteiger partial charge in [0, 0.05) is 0 Å². The van der Waals surface area contributed by atoms with Gasteiger partial charge < -0.3 is 9.47 Å². The van der Waals surface area contributed by atoms with Crippen LogP contribution in [0.15, 0.2) is 6.20 Å². The first-order chi connectivity index (χ1) is 7.58. The summed E-state index contributed by atoms with van der Waals surface area (Å²) in [6, 6.07) is 0.0863. The van der Waals surface area contributed by atoms with Crippen molar-refractivity contribution in [1.29, 1.82) is 0 Å². The van der Waals surface area contributed by atoms with Crippen LogP contribution < -0.4 is 4.74 Å². The first-order valence-corrected chi connectivity index (χ1v) is 5.06. The van der Waals surface area contributed by atoms with Crippen LogP contribution in [-0.4, -0.2) is 34.0 Å². The third kappa shape index (κ3) is 1.99. The summed E-state index contributed by atoms with van der Waals surface area (Å²) in [6.45, 7) is 4.68. The number of nitro groups is 1. The molecule has 0 amide bonds. The van der Waals surface area contributed by atoms with Gasteiger partial charge in [-0.1, -0.05) is 0 Å². The molecule has 7 heteroatoms. The van der Waals surface area contributed by atoms with Crippen LogP contribution in [0.5, 0.6) is 5.88 Å². The fourth-order valence-electron chi connectivity index (χ4n) is 1.36. The molecule has 0 atom stereocenters. The van der Waals surface area contributed by atoms with Crippen LogP contribution in [-0.2, 0) is 4.74 Å². The third-order valence-corrected chi connectivity index (χ3v) is 2.22. The lowest BCUT2D eigenvalue weighted by molar-refractivity contribution is -0.386. The van der Waals surface area contributed by atoms with Gasteiger partial charge in [0.1, 0.15) is 6.20 Å². The molecule has 1 aromatic heterocycles. The molecule has 1 aliphatic rings.